The van der Waals surface area contributed by atoms with Crippen molar-refractivity contribution in [3.63, 3.8) is 0 Å². The van der Waals surface area contributed by atoms with Gasteiger partial charge in [0.15, 0.2) is 0 Å². The van der Waals surface area contributed by atoms with Gasteiger partial charge in [-0.15, -0.1) is 0 Å². The second kappa shape index (κ2) is 9.05. The molecule has 3 rings (SSSR count). The Morgan fingerprint density at radius 1 is 0.926 bits per heavy atom. The molecule has 0 spiro atoms. The zero-order chi connectivity index (χ0) is 19.2. The van der Waals surface area contributed by atoms with Gasteiger partial charge in [0.2, 0.25) is 5.91 Å². The molecule has 0 atom stereocenters. The summed E-state index contributed by atoms with van der Waals surface area (Å²) in [7, 11) is 2.16. The van der Waals surface area contributed by atoms with E-state index in [0.717, 1.165) is 43.9 Å². The molecule has 0 radical (unpaired) electrons. The van der Waals surface area contributed by atoms with Crippen molar-refractivity contribution in [3.05, 3.63) is 59.7 Å². The smallest absolute Gasteiger partial charge is 0.228 e. The fourth-order valence-corrected chi connectivity index (χ4v) is 3.48. The average molecular weight is 366 g/mol. The van der Waals surface area contributed by atoms with E-state index in [9.17, 15) is 4.79 Å². The molecular weight excluding hydrogens is 334 g/mol. The van der Waals surface area contributed by atoms with Gasteiger partial charge < -0.3 is 15.1 Å². The number of piperazine rings is 1. The van der Waals surface area contributed by atoms with Crippen LogP contribution in [0.4, 0.5) is 11.4 Å². The molecule has 1 N–H and O–H groups in total. The van der Waals surface area contributed by atoms with Crippen LogP contribution in [0.2, 0.25) is 0 Å². The van der Waals surface area contributed by atoms with E-state index in [4.69, 9.17) is 0 Å². The first-order valence-electron chi connectivity index (χ1n) is 9.91. The van der Waals surface area contributed by atoms with Crippen molar-refractivity contribution in [2.45, 2.75) is 26.7 Å². The molecule has 1 amide bonds. The Morgan fingerprint density at radius 2 is 1.52 bits per heavy atom. The number of benzene rings is 2. The molecule has 0 aliphatic carbocycles. The number of anilines is 2. The van der Waals surface area contributed by atoms with E-state index in [-0.39, 0.29) is 5.91 Å². The summed E-state index contributed by atoms with van der Waals surface area (Å²) >= 11 is 0. The van der Waals surface area contributed by atoms with Gasteiger partial charge >= 0.3 is 0 Å². The van der Waals surface area contributed by atoms with Crippen LogP contribution in [0.1, 0.15) is 25.0 Å². The van der Waals surface area contributed by atoms with E-state index in [1.165, 1.54) is 11.3 Å². The van der Waals surface area contributed by atoms with E-state index in [1.54, 1.807) is 0 Å². The number of likely N-dealkylation sites (N-methyl/N-ethyl adjacent to an activating group) is 1. The summed E-state index contributed by atoms with van der Waals surface area (Å²) in [6.45, 7) is 8.72. The van der Waals surface area contributed by atoms with Gasteiger partial charge in [-0.3, -0.25) is 4.79 Å². The van der Waals surface area contributed by atoms with Gasteiger partial charge in [0, 0.05) is 37.6 Å². The minimum absolute atomic E-state index is 0.0268. The second-order valence-corrected chi connectivity index (χ2v) is 7.98. The molecule has 0 bridgehead atoms. The zero-order valence-corrected chi connectivity index (χ0v) is 16.7. The SMILES string of the molecule is CC(C)Cc1ccc(CC(=O)Nc2ccc(N3CCN(C)CC3)cc2)cc1. The number of hydrogen-bond donors (Lipinski definition) is 1. The van der Waals surface area contributed by atoms with Gasteiger partial charge in [-0.05, 0) is 54.8 Å². The van der Waals surface area contributed by atoms with Gasteiger partial charge in [0.1, 0.15) is 0 Å². The lowest BCUT2D eigenvalue weighted by Crippen LogP contribution is -2.44. The summed E-state index contributed by atoms with van der Waals surface area (Å²) in [4.78, 5) is 17.1. The highest BCUT2D eigenvalue weighted by Gasteiger charge is 2.14. The predicted molar refractivity (Wildman–Crippen MR) is 113 cm³/mol. The van der Waals surface area contributed by atoms with Crippen molar-refractivity contribution >= 4 is 17.3 Å². The number of amides is 1. The van der Waals surface area contributed by atoms with E-state index >= 15 is 0 Å². The number of nitrogens with one attached hydrogen (secondary N) is 1. The van der Waals surface area contributed by atoms with Gasteiger partial charge in [0.25, 0.3) is 0 Å². The summed E-state index contributed by atoms with van der Waals surface area (Å²) in [5.41, 5.74) is 4.46. The molecule has 4 nitrogen and oxygen atoms in total. The van der Waals surface area contributed by atoms with E-state index in [1.807, 2.05) is 12.1 Å². The van der Waals surface area contributed by atoms with Crippen LogP contribution in [-0.4, -0.2) is 44.0 Å². The fraction of sp³-hybridized carbons (Fsp3) is 0.435. The molecule has 1 aliphatic rings. The largest absolute Gasteiger partial charge is 0.369 e. The monoisotopic (exact) mass is 365 g/mol. The molecule has 1 aliphatic heterocycles. The first kappa shape index (κ1) is 19.4. The molecule has 2 aromatic carbocycles. The number of carbonyl (C=O) groups excluding carboxylic acids is 1. The molecule has 1 fully saturated rings. The summed E-state index contributed by atoms with van der Waals surface area (Å²) < 4.78 is 0. The maximum Gasteiger partial charge on any atom is 0.228 e. The Hall–Kier alpha value is -2.33. The highest BCUT2D eigenvalue weighted by Crippen LogP contribution is 2.19. The summed E-state index contributed by atoms with van der Waals surface area (Å²) in [6.07, 6.45) is 1.48. The summed E-state index contributed by atoms with van der Waals surface area (Å²) in [6, 6.07) is 16.6. The standard InChI is InChI=1S/C23H31N3O/c1-18(2)16-19-4-6-20(7-5-19)17-23(27)24-21-8-10-22(11-9-21)26-14-12-25(3)13-15-26/h4-11,18H,12-17H2,1-3H3,(H,24,27). The first-order valence-corrected chi connectivity index (χ1v) is 9.91. The van der Waals surface area contributed by atoms with Crippen molar-refractivity contribution < 1.29 is 4.79 Å². The van der Waals surface area contributed by atoms with Gasteiger partial charge in [-0.2, -0.15) is 0 Å². The Kier molecular flexibility index (Phi) is 6.51. The Balaban J connectivity index is 1.51. The molecule has 1 heterocycles. The number of rotatable bonds is 6. The molecule has 1 saturated heterocycles. The second-order valence-electron chi connectivity index (χ2n) is 7.98. The highest BCUT2D eigenvalue weighted by atomic mass is 16.1. The fourth-order valence-electron chi connectivity index (χ4n) is 3.48. The summed E-state index contributed by atoms with van der Waals surface area (Å²) in [5.74, 6) is 0.673. The van der Waals surface area contributed by atoms with E-state index in [2.05, 4.69) is 72.4 Å². The van der Waals surface area contributed by atoms with Crippen LogP contribution in [-0.2, 0) is 17.6 Å². The molecule has 0 aromatic heterocycles. The molecule has 2 aromatic rings. The topological polar surface area (TPSA) is 35.6 Å². The third-order valence-corrected chi connectivity index (χ3v) is 5.05. The third kappa shape index (κ3) is 5.83. The molecule has 4 heteroatoms. The molecular formula is C23H31N3O. The van der Waals surface area contributed by atoms with Crippen LogP contribution in [0.3, 0.4) is 0 Å². The van der Waals surface area contributed by atoms with Crippen LogP contribution in [0.15, 0.2) is 48.5 Å². The molecule has 0 unspecified atom stereocenters. The van der Waals surface area contributed by atoms with Gasteiger partial charge in [-0.25, -0.2) is 0 Å². The minimum Gasteiger partial charge on any atom is -0.369 e. The van der Waals surface area contributed by atoms with Crippen molar-refractivity contribution in [2.24, 2.45) is 5.92 Å². The van der Waals surface area contributed by atoms with Crippen molar-refractivity contribution in [2.75, 3.05) is 43.4 Å². The quantitative estimate of drug-likeness (QED) is 0.845. The lowest BCUT2D eigenvalue weighted by Gasteiger charge is -2.34. The van der Waals surface area contributed by atoms with Crippen LogP contribution in [0.5, 0.6) is 0 Å². The van der Waals surface area contributed by atoms with Crippen LogP contribution < -0.4 is 10.2 Å². The molecule has 144 valence electrons. The first-order chi connectivity index (χ1) is 13.0. The molecule has 0 saturated carbocycles. The minimum atomic E-state index is 0.0268. The van der Waals surface area contributed by atoms with Gasteiger partial charge in [0.05, 0.1) is 6.42 Å². The summed E-state index contributed by atoms with van der Waals surface area (Å²) in [5, 5.41) is 3.01. The van der Waals surface area contributed by atoms with Crippen molar-refractivity contribution in [3.8, 4) is 0 Å². The maximum absolute atomic E-state index is 12.3. The van der Waals surface area contributed by atoms with Crippen LogP contribution in [0.25, 0.3) is 0 Å². The van der Waals surface area contributed by atoms with E-state index < -0.39 is 0 Å². The lowest BCUT2D eigenvalue weighted by atomic mass is 10.0. The molecule has 27 heavy (non-hydrogen) atoms. The van der Waals surface area contributed by atoms with E-state index in [0.29, 0.717) is 12.3 Å². The average Bonchev–Trinajstić information content (AvgIpc) is 2.64. The Labute approximate surface area is 163 Å². The Bertz CT molecular complexity index is 729. The van der Waals surface area contributed by atoms with Crippen molar-refractivity contribution in [1.29, 1.82) is 0 Å². The highest BCUT2D eigenvalue weighted by molar-refractivity contribution is 5.92. The van der Waals surface area contributed by atoms with Crippen LogP contribution >= 0.6 is 0 Å². The van der Waals surface area contributed by atoms with Gasteiger partial charge in [-0.1, -0.05) is 38.1 Å². The number of nitrogens with zero attached hydrogens (tertiary/aromatic N) is 2. The maximum atomic E-state index is 12.3. The zero-order valence-electron chi connectivity index (χ0n) is 16.7. The van der Waals surface area contributed by atoms with Crippen LogP contribution in [0, 0.1) is 5.92 Å². The predicted octanol–water partition coefficient (Wildman–Crippen LogP) is 3.82. The van der Waals surface area contributed by atoms with Crippen molar-refractivity contribution in [1.82, 2.24) is 4.90 Å². The lowest BCUT2D eigenvalue weighted by molar-refractivity contribution is -0.115. The number of carbonyl (C=O) groups is 1. The Morgan fingerprint density at radius 3 is 2.11 bits per heavy atom. The third-order valence-electron chi connectivity index (χ3n) is 5.05. The number of hydrogen-bond acceptors (Lipinski definition) is 3. The normalized spacial score (nSPS) is 15.2.